The second kappa shape index (κ2) is 4.40. The molecule has 17 heavy (non-hydrogen) atoms. The standard InChI is InChI=1S/C11H15N5O/c1-6(2)9-10(12)13-5-14-11(9)17-8-4-7(3)15-16-8/h4-6H,1-3H3,(H,15,16)(H2,12,13,14). The molecular formula is C11H15N5O. The predicted molar refractivity (Wildman–Crippen MR) is 63.9 cm³/mol. The molecule has 2 aromatic rings. The lowest BCUT2D eigenvalue weighted by atomic mass is 10.1. The normalized spacial score (nSPS) is 10.8. The monoisotopic (exact) mass is 233 g/mol. The van der Waals surface area contributed by atoms with E-state index in [0.717, 1.165) is 11.3 Å². The van der Waals surface area contributed by atoms with Crippen LogP contribution in [-0.2, 0) is 0 Å². The lowest BCUT2D eigenvalue weighted by Gasteiger charge is -2.12. The van der Waals surface area contributed by atoms with Gasteiger partial charge in [-0.15, -0.1) is 5.10 Å². The summed E-state index contributed by atoms with van der Waals surface area (Å²) in [5, 5.41) is 6.80. The van der Waals surface area contributed by atoms with Crippen LogP contribution in [0.3, 0.4) is 0 Å². The SMILES string of the molecule is Cc1cc(Oc2ncnc(N)c2C(C)C)n[nH]1. The van der Waals surface area contributed by atoms with Gasteiger partial charge in [0.1, 0.15) is 12.1 Å². The number of aryl methyl sites for hydroxylation is 1. The fourth-order valence-electron chi connectivity index (χ4n) is 1.56. The van der Waals surface area contributed by atoms with Gasteiger partial charge < -0.3 is 10.5 Å². The van der Waals surface area contributed by atoms with Gasteiger partial charge in [0.2, 0.25) is 11.8 Å². The topological polar surface area (TPSA) is 89.7 Å². The van der Waals surface area contributed by atoms with Crippen molar-refractivity contribution in [1.82, 2.24) is 20.2 Å². The van der Waals surface area contributed by atoms with Crippen molar-refractivity contribution in [2.24, 2.45) is 0 Å². The Kier molecular flexibility index (Phi) is 2.95. The molecule has 0 amide bonds. The van der Waals surface area contributed by atoms with Gasteiger partial charge in [-0.25, -0.2) is 9.97 Å². The Hall–Kier alpha value is -2.11. The number of H-pyrrole nitrogens is 1. The number of ether oxygens (including phenoxy) is 1. The van der Waals surface area contributed by atoms with Gasteiger partial charge in [-0.1, -0.05) is 13.8 Å². The molecule has 0 fully saturated rings. The summed E-state index contributed by atoms with van der Waals surface area (Å²) < 4.78 is 5.60. The van der Waals surface area contributed by atoms with E-state index >= 15 is 0 Å². The number of aromatic amines is 1. The molecule has 0 aliphatic rings. The molecule has 0 radical (unpaired) electrons. The van der Waals surface area contributed by atoms with E-state index in [0.29, 0.717) is 17.6 Å². The number of nitrogen functional groups attached to an aromatic ring is 1. The number of nitrogens with two attached hydrogens (primary N) is 1. The highest BCUT2D eigenvalue weighted by atomic mass is 16.5. The Balaban J connectivity index is 2.35. The second-order valence-electron chi connectivity index (χ2n) is 4.12. The van der Waals surface area contributed by atoms with Crippen LogP contribution in [0.25, 0.3) is 0 Å². The smallest absolute Gasteiger partial charge is 0.240 e. The van der Waals surface area contributed by atoms with E-state index in [1.807, 2.05) is 20.8 Å². The van der Waals surface area contributed by atoms with Crippen LogP contribution in [0.5, 0.6) is 11.8 Å². The van der Waals surface area contributed by atoms with Crippen LogP contribution in [0.15, 0.2) is 12.4 Å². The number of rotatable bonds is 3. The van der Waals surface area contributed by atoms with E-state index in [9.17, 15) is 0 Å². The van der Waals surface area contributed by atoms with Gasteiger partial charge in [-0.2, -0.15) is 0 Å². The van der Waals surface area contributed by atoms with E-state index in [1.54, 1.807) is 6.07 Å². The van der Waals surface area contributed by atoms with Crippen molar-refractivity contribution < 1.29 is 4.74 Å². The number of nitrogens with zero attached hydrogens (tertiary/aromatic N) is 3. The van der Waals surface area contributed by atoms with Gasteiger partial charge in [-0.3, -0.25) is 5.10 Å². The van der Waals surface area contributed by atoms with Crippen LogP contribution >= 0.6 is 0 Å². The fraction of sp³-hybridized carbons (Fsp3) is 0.364. The molecule has 0 spiro atoms. The van der Waals surface area contributed by atoms with E-state index in [1.165, 1.54) is 6.33 Å². The molecule has 90 valence electrons. The van der Waals surface area contributed by atoms with Gasteiger partial charge in [-0.05, 0) is 12.8 Å². The molecule has 0 unspecified atom stereocenters. The third-order valence-electron chi connectivity index (χ3n) is 2.34. The maximum atomic E-state index is 5.82. The van der Waals surface area contributed by atoms with Gasteiger partial charge in [0.15, 0.2) is 0 Å². The molecule has 0 aromatic carbocycles. The first kappa shape index (κ1) is 11.4. The van der Waals surface area contributed by atoms with Gasteiger partial charge in [0.05, 0.1) is 5.56 Å². The zero-order valence-electron chi connectivity index (χ0n) is 10.1. The first-order valence-corrected chi connectivity index (χ1v) is 5.38. The summed E-state index contributed by atoms with van der Waals surface area (Å²) in [5.41, 5.74) is 7.55. The van der Waals surface area contributed by atoms with E-state index in [4.69, 9.17) is 10.5 Å². The maximum absolute atomic E-state index is 5.82. The van der Waals surface area contributed by atoms with Crippen molar-refractivity contribution in [3.63, 3.8) is 0 Å². The summed E-state index contributed by atoms with van der Waals surface area (Å²) in [6, 6.07) is 1.79. The Morgan fingerprint density at radius 1 is 1.35 bits per heavy atom. The van der Waals surface area contributed by atoms with Gasteiger partial charge in [0.25, 0.3) is 0 Å². The second-order valence-corrected chi connectivity index (χ2v) is 4.12. The molecule has 0 saturated carbocycles. The molecule has 2 heterocycles. The molecule has 2 rings (SSSR count). The van der Waals surface area contributed by atoms with Crippen molar-refractivity contribution in [2.45, 2.75) is 26.7 Å². The number of hydrogen-bond acceptors (Lipinski definition) is 5. The van der Waals surface area contributed by atoms with E-state index in [2.05, 4.69) is 20.2 Å². The van der Waals surface area contributed by atoms with Crippen molar-refractivity contribution in [3.05, 3.63) is 23.7 Å². The first-order valence-electron chi connectivity index (χ1n) is 5.38. The summed E-state index contributed by atoms with van der Waals surface area (Å²) in [6.45, 7) is 5.92. The van der Waals surface area contributed by atoms with Crippen molar-refractivity contribution in [3.8, 4) is 11.8 Å². The third kappa shape index (κ3) is 2.35. The van der Waals surface area contributed by atoms with Gasteiger partial charge >= 0.3 is 0 Å². The van der Waals surface area contributed by atoms with Crippen molar-refractivity contribution in [1.29, 1.82) is 0 Å². The van der Waals surface area contributed by atoms with E-state index in [-0.39, 0.29) is 5.92 Å². The lowest BCUT2D eigenvalue weighted by molar-refractivity contribution is 0.434. The largest absolute Gasteiger partial charge is 0.419 e. The Morgan fingerprint density at radius 2 is 2.12 bits per heavy atom. The summed E-state index contributed by atoms with van der Waals surface area (Å²) >= 11 is 0. The molecule has 0 aliphatic heterocycles. The lowest BCUT2D eigenvalue weighted by Crippen LogP contribution is -2.04. The Labute approximate surface area is 99.2 Å². The fourth-order valence-corrected chi connectivity index (χ4v) is 1.56. The predicted octanol–water partition coefficient (Wildman–Crippen LogP) is 2.01. The summed E-state index contributed by atoms with van der Waals surface area (Å²) in [4.78, 5) is 8.06. The molecule has 0 saturated heterocycles. The number of anilines is 1. The van der Waals surface area contributed by atoms with Crippen molar-refractivity contribution >= 4 is 5.82 Å². The molecular weight excluding hydrogens is 218 g/mol. The highest BCUT2D eigenvalue weighted by Gasteiger charge is 2.15. The van der Waals surface area contributed by atoms with E-state index < -0.39 is 0 Å². The Morgan fingerprint density at radius 3 is 2.71 bits per heavy atom. The summed E-state index contributed by atoms with van der Waals surface area (Å²) in [7, 11) is 0. The minimum Gasteiger partial charge on any atom is -0.419 e. The van der Waals surface area contributed by atoms with Crippen LogP contribution in [0, 0.1) is 6.92 Å². The summed E-state index contributed by atoms with van der Waals surface area (Å²) in [5.74, 6) is 1.56. The quantitative estimate of drug-likeness (QED) is 0.846. The maximum Gasteiger partial charge on any atom is 0.240 e. The molecule has 6 nitrogen and oxygen atoms in total. The minimum absolute atomic E-state index is 0.186. The van der Waals surface area contributed by atoms with Gasteiger partial charge in [0, 0.05) is 11.8 Å². The van der Waals surface area contributed by atoms with Crippen molar-refractivity contribution in [2.75, 3.05) is 5.73 Å². The highest BCUT2D eigenvalue weighted by molar-refractivity contribution is 5.47. The molecule has 0 aliphatic carbocycles. The number of aromatic nitrogens is 4. The molecule has 0 bridgehead atoms. The zero-order valence-corrected chi connectivity index (χ0v) is 10.1. The minimum atomic E-state index is 0.186. The molecule has 2 aromatic heterocycles. The molecule has 0 atom stereocenters. The van der Waals surface area contributed by atoms with Crippen LogP contribution in [0.2, 0.25) is 0 Å². The highest BCUT2D eigenvalue weighted by Crippen LogP contribution is 2.30. The first-order chi connectivity index (χ1) is 8.08. The van der Waals surface area contributed by atoms with Crippen LogP contribution in [-0.4, -0.2) is 20.2 Å². The number of nitrogens with one attached hydrogen (secondary N) is 1. The molecule has 3 N–H and O–H groups in total. The van der Waals surface area contributed by atoms with Crippen LogP contribution in [0.1, 0.15) is 31.0 Å². The average Bonchev–Trinajstić information content (AvgIpc) is 2.63. The third-order valence-corrected chi connectivity index (χ3v) is 2.34. The average molecular weight is 233 g/mol. The molecule has 6 heteroatoms. The number of hydrogen-bond donors (Lipinski definition) is 2. The Bertz CT molecular complexity index is 520. The van der Waals surface area contributed by atoms with Crippen LogP contribution in [0.4, 0.5) is 5.82 Å². The van der Waals surface area contributed by atoms with Crippen LogP contribution < -0.4 is 10.5 Å². The zero-order chi connectivity index (χ0) is 12.4. The summed E-state index contributed by atoms with van der Waals surface area (Å²) in [6.07, 6.45) is 1.38.